The Morgan fingerprint density at radius 2 is 1.27 bits per heavy atom. The van der Waals surface area contributed by atoms with Crippen molar-refractivity contribution in [1.29, 1.82) is 0 Å². The fraction of sp³-hybridized carbons (Fsp3) is 0.455. The molecule has 242 valence electrons. The van der Waals surface area contributed by atoms with Gasteiger partial charge in [0.25, 0.3) is 0 Å². The number of carboxylic acid groups (broad SMARTS) is 2. The number of rotatable bonds is 15. The van der Waals surface area contributed by atoms with Crippen LogP contribution in [0.15, 0.2) is 30.3 Å². The van der Waals surface area contributed by atoms with Crippen molar-refractivity contribution in [2.45, 2.75) is 72.3 Å². The molecule has 3 aromatic rings. The summed E-state index contributed by atoms with van der Waals surface area (Å²) in [7, 11) is 3.09. The van der Waals surface area contributed by atoms with Gasteiger partial charge in [0.15, 0.2) is 28.8 Å². The van der Waals surface area contributed by atoms with Crippen molar-refractivity contribution in [3.8, 4) is 23.0 Å². The number of ether oxygens (including phenoxy) is 4. The summed E-state index contributed by atoms with van der Waals surface area (Å²) in [6, 6.07) is 9.10. The fourth-order valence-electron chi connectivity index (χ4n) is 5.21. The lowest BCUT2D eigenvalue weighted by molar-refractivity contribution is -0.145. The molecule has 1 aromatic heterocycles. The zero-order chi connectivity index (χ0) is 33.0. The van der Waals surface area contributed by atoms with Gasteiger partial charge < -0.3 is 34.1 Å². The number of carbonyl (C=O) groups is 4. The lowest BCUT2D eigenvalue weighted by atomic mass is 10.0. The molecule has 1 aliphatic heterocycles. The Labute approximate surface area is 265 Å². The normalized spacial score (nSPS) is 15.1. The van der Waals surface area contributed by atoms with E-state index >= 15 is 0 Å². The number of fused-ring (bicyclic) bond motifs is 2. The summed E-state index contributed by atoms with van der Waals surface area (Å²) in [5.74, 6) is -1.87. The Hall–Kier alpha value is -4.32. The van der Waals surface area contributed by atoms with Gasteiger partial charge in [-0.3, -0.25) is 19.2 Å². The van der Waals surface area contributed by atoms with Crippen molar-refractivity contribution in [2.75, 3.05) is 14.2 Å². The first-order valence-electron chi connectivity index (χ1n) is 14.7. The molecule has 0 saturated carbocycles. The molecule has 0 bridgehead atoms. The van der Waals surface area contributed by atoms with Gasteiger partial charge in [-0.25, -0.2) is 0 Å². The molecular formula is C33H39NO10S. The number of aliphatic carboxylic acids is 2. The predicted molar refractivity (Wildman–Crippen MR) is 168 cm³/mol. The Balaban J connectivity index is 1.41. The second kappa shape index (κ2) is 14.2. The van der Waals surface area contributed by atoms with E-state index in [0.717, 1.165) is 21.2 Å². The Kier molecular flexibility index (Phi) is 10.6. The summed E-state index contributed by atoms with van der Waals surface area (Å²) >= 11 is 1.29. The van der Waals surface area contributed by atoms with Gasteiger partial charge in [-0.1, -0.05) is 13.8 Å². The van der Waals surface area contributed by atoms with Crippen LogP contribution in [-0.4, -0.2) is 65.2 Å². The zero-order valence-electron chi connectivity index (χ0n) is 26.2. The van der Waals surface area contributed by atoms with E-state index in [1.54, 1.807) is 25.2 Å². The number of Topliss-reactive ketones (excluding diaryl/α,β-unsaturated/α-hetero) is 1. The van der Waals surface area contributed by atoms with Crippen molar-refractivity contribution in [2.24, 2.45) is 11.8 Å². The highest BCUT2D eigenvalue weighted by molar-refractivity contribution is 7.20. The van der Waals surface area contributed by atoms with Crippen LogP contribution in [-0.2, 0) is 27.5 Å². The van der Waals surface area contributed by atoms with Gasteiger partial charge in [0.1, 0.15) is 0 Å². The Morgan fingerprint density at radius 3 is 1.82 bits per heavy atom. The van der Waals surface area contributed by atoms with Crippen LogP contribution in [0.3, 0.4) is 0 Å². The first-order chi connectivity index (χ1) is 21.3. The average Bonchev–Trinajstić information content (AvgIpc) is 3.59. The highest BCUT2D eigenvalue weighted by Gasteiger charge is 2.28. The molecule has 4 atom stereocenters. The van der Waals surface area contributed by atoms with Crippen LogP contribution in [0.2, 0.25) is 0 Å². The van der Waals surface area contributed by atoms with E-state index in [9.17, 15) is 19.2 Å². The van der Waals surface area contributed by atoms with E-state index in [4.69, 9.17) is 29.2 Å². The summed E-state index contributed by atoms with van der Waals surface area (Å²) < 4.78 is 24.5. The van der Waals surface area contributed by atoms with Gasteiger partial charge in [0.05, 0.1) is 43.1 Å². The maximum Gasteiger partial charge on any atom is 0.306 e. The summed E-state index contributed by atoms with van der Waals surface area (Å²) in [6.07, 6.45) is -0.186. The van der Waals surface area contributed by atoms with Crippen LogP contribution in [0.4, 0.5) is 0 Å². The summed E-state index contributed by atoms with van der Waals surface area (Å²) in [5, 5.41) is 19.1. The van der Waals surface area contributed by atoms with Gasteiger partial charge in [-0.2, -0.15) is 0 Å². The zero-order valence-corrected chi connectivity index (χ0v) is 27.1. The SMILES string of the molecule is COc1cc2c(cc1OC(C)CC(C)Oc1cc3cc(C(=O)CC(C)C(=O)O)sc3cc1OC)CN(C(=O)CC(C)C(=O)O)C2. The number of thiophene rings is 1. The van der Waals surface area contributed by atoms with E-state index < -0.39 is 23.8 Å². The molecule has 45 heavy (non-hydrogen) atoms. The molecule has 0 fully saturated rings. The molecule has 11 nitrogen and oxygen atoms in total. The monoisotopic (exact) mass is 641 g/mol. The molecule has 4 rings (SSSR count). The summed E-state index contributed by atoms with van der Waals surface area (Å²) in [6.45, 7) is 7.62. The maximum absolute atomic E-state index is 12.7. The minimum Gasteiger partial charge on any atom is -0.493 e. The van der Waals surface area contributed by atoms with Crippen molar-refractivity contribution in [3.05, 3.63) is 46.3 Å². The highest BCUT2D eigenvalue weighted by Crippen LogP contribution is 2.39. The van der Waals surface area contributed by atoms with Gasteiger partial charge >= 0.3 is 11.9 Å². The summed E-state index contributed by atoms with van der Waals surface area (Å²) in [4.78, 5) is 49.8. The maximum atomic E-state index is 12.7. The first kappa shape index (κ1) is 33.6. The standard InChI is InChI=1S/C33H39NO10S/c1-17(32(37)38)7-24(35)30-13-21-10-27(26(42-6)14-29(21)45-30)43-19(3)9-20(4)44-28-12-23-16-34(15-22(23)11-25(28)41-5)31(36)8-18(2)33(39)40/h10-14,17-20H,7-9,15-16H2,1-6H3,(H,37,38)(H,39,40). The van der Waals surface area contributed by atoms with Gasteiger partial charge in [0, 0.05) is 43.1 Å². The van der Waals surface area contributed by atoms with Crippen molar-refractivity contribution >= 4 is 45.1 Å². The van der Waals surface area contributed by atoms with E-state index in [-0.39, 0.29) is 36.7 Å². The number of benzene rings is 2. The molecular weight excluding hydrogens is 602 g/mol. The molecule has 2 heterocycles. The van der Waals surface area contributed by atoms with Crippen LogP contribution in [0.25, 0.3) is 10.1 Å². The number of ketones is 1. The molecule has 0 spiro atoms. The summed E-state index contributed by atoms with van der Waals surface area (Å²) in [5.41, 5.74) is 1.85. The molecule has 0 aliphatic carbocycles. The minimum absolute atomic E-state index is 0.0613. The van der Waals surface area contributed by atoms with Crippen molar-refractivity contribution in [1.82, 2.24) is 4.90 Å². The van der Waals surface area contributed by atoms with Crippen molar-refractivity contribution in [3.63, 3.8) is 0 Å². The molecule has 1 aliphatic rings. The number of hydrogen-bond acceptors (Lipinski definition) is 9. The molecule has 4 unspecified atom stereocenters. The average molecular weight is 642 g/mol. The molecule has 2 N–H and O–H groups in total. The van der Waals surface area contributed by atoms with Gasteiger partial charge in [0.2, 0.25) is 5.91 Å². The van der Waals surface area contributed by atoms with Crippen LogP contribution in [0.5, 0.6) is 23.0 Å². The van der Waals surface area contributed by atoms with Gasteiger partial charge in [-0.15, -0.1) is 11.3 Å². The quantitative estimate of drug-likeness (QED) is 0.195. The number of methoxy groups -OCH3 is 2. The van der Waals surface area contributed by atoms with E-state index in [1.807, 2.05) is 38.1 Å². The highest BCUT2D eigenvalue weighted by atomic mass is 32.1. The molecule has 1 amide bonds. The van der Waals surface area contributed by atoms with E-state index in [0.29, 0.717) is 47.4 Å². The van der Waals surface area contributed by atoms with E-state index in [2.05, 4.69) is 0 Å². The number of amides is 1. The number of carboxylic acids is 2. The van der Waals surface area contributed by atoms with E-state index in [1.165, 1.54) is 25.2 Å². The fourth-order valence-corrected chi connectivity index (χ4v) is 6.23. The number of hydrogen-bond donors (Lipinski definition) is 2. The third-order valence-electron chi connectivity index (χ3n) is 7.77. The van der Waals surface area contributed by atoms with Crippen molar-refractivity contribution < 1.29 is 48.3 Å². The molecule has 12 heteroatoms. The second-order valence-corrected chi connectivity index (χ2v) is 12.7. The van der Waals surface area contributed by atoms with Crippen LogP contribution in [0.1, 0.15) is 67.8 Å². The third-order valence-corrected chi connectivity index (χ3v) is 8.91. The lowest BCUT2D eigenvalue weighted by Crippen LogP contribution is -2.28. The van der Waals surface area contributed by atoms with Crippen LogP contribution >= 0.6 is 11.3 Å². The first-order valence-corrected chi connectivity index (χ1v) is 15.5. The number of nitrogens with zero attached hydrogens (tertiary/aromatic N) is 1. The molecule has 0 radical (unpaired) electrons. The topological polar surface area (TPSA) is 149 Å². The largest absolute Gasteiger partial charge is 0.493 e. The number of carbonyl (C=O) groups excluding carboxylic acids is 2. The smallest absolute Gasteiger partial charge is 0.306 e. The Morgan fingerprint density at radius 1 is 0.756 bits per heavy atom. The predicted octanol–water partition coefficient (Wildman–Crippen LogP) is 5.79. The minimum atomic E-state index is -1.01. The lowest BCUT2D eigenvalue weighted by Gasteiger charge is -2.22. The Bertz CT molecular complexity index is 1600. The second-order valence-electron chi connectivity index (χ2n) is 11.6. The van der Waals surface area contributed by atoms with Gasteiger partial charge in [-0.05, 0) is 54.6 Å². The third kappa shape index (κ3) is 8.05. The van der Waals surface area contributed by atoms with Crippen LogP contribution < -0.4 is 18.9 Å². The molecule has 0 saturated heterocycles. The molecule has 2 aromatic carbocycles. The van der Waals surface area contributed by atoms with Crippen LogP contribution in [0, 0.1) is 11.8 Å².